The number of imide groups is 1. The van der Waals surface area contributed by atoms with Gasteiger partial charge in [0.1, 0.15) is 0 Å². The molecule has 11 nitrogen and oxygen atoms in total. The van der Waals surface area contributed by atoms with Crippen LogP contribution in [-0.2, 0) is 9.63 Å². The molecule has 18 heavy (non-hydrogen) atoms. The summed E-state index contributed by atoms with van der Waals surface area (Å²) in [5.41, 5.74) is -2.44. The Balaban J connectivity index is 3.31. The van der Waals surface area contributed by atoms with Crippen LogP contribution in [0.1, 0.15) is 6.92 Å². The quantitative estimate of drug-likeness (QED) is 0.473. The maximum Gasteiger partial charge on any atom is 0.340 e. The van der Waals surface area contributed by atoms with Crippen LogP contribution in [0.15, 0.2) is 0 Å². The van der Waals surface area contributed by atoms with Gasteiger partial charge in [0.05, 0.1) is 0 Å². The Hall–Kier alpha value is -2.46. The molecule has 1 rings (SSSR count). The van der Waals surface area contributed by atoms with Crippen molar-refractivity contribution in [2.24, 2.45) is 0 Å². The first-order valence-electron chi connectivity index (χ1n) is 4.64. The normalized spacial score (nSPS) is 28.3. The monoisotopic (exact) mass is 262 g/mol. The highest BCUT2D eigenvalue weighted by Crippen LogP contribution is 2.28. The summed E-state index contributed by atoms with van der Waals surface area (Å²) in [6, 6.07) is -0.925. The molecule has 0 N–H and O–H groups in total. The molecule has 0 radical (unpaired) electrons. The lowest BCUT2D eigenvalue weighted by Crippen LogP contribution is -2.71. The second kappa shape index (κ2) is 4.09. The van der Waals surface area contributed by atoms with Gasteiger partial charge in [0.2, 0.25) is 0 Å². The van der Waals surface area contributed by atoms with Crippen molar-refractivity contribution in [3.63, 3.8) is 0 Å². The number of amides is 3. The molecule has 0 bridgehead atoms. The predicted octanol–water partition coefficient (Wildman–Crippen LogP) is -0.920. The van der Waals surface area contributed by atoms with Crippen molar-refractivity contribution in [2.45, 2.75) is 18.7 Å². The summed E-state index contributed by atoms with van der Waals surface area (Å²) in [5, 5.41) is 20.0. The number of urea groups is 1. The summed E-state index contributed by atoms with van der Waals surface area (Å²) >= 11 is 0. The Morgan fingerprint density at radius 2 is 1.78 bits per heavy atom. The number of hydrogen-bond donors (Lipinski definition) is 0. The van der Waals surface area contributed by atoms with Gasteiger partial charge in [0.15, 0.2) is 0 Å². The van der Waals surface area contributed by atoms with E-state index in [1.54, 1.807) is 0 Å². The molecule has 1 fully saturated rings. The maximum atomic E-state index is 11.8. The van der Waals surface area contributed by atoms with Crippen LogP contribution in [-0.4, -0.2) is 57.6 Å². The molecule has 3 amide bonds. The van der Waals surface area contributed by atoms with Gasteiger partial charge in [0.25, 0.3) is 11.3 Å². The minimum Gasteiger partial charge on any atom is -0.295 e. The first kappa shape index (κ1) is 13.6. The molecule has 0 saturated carbocycles. The van der Waals surface area contributed by atoms with E-state index >= 15 is 0 Å². The van der Waals surface area contributed by atoms with Crippen LogP contribution in [0.2, 0.25) is 0 Å². The van der Waals surface area contributed by atoms with Crippen molar-refractivity contribution < 1.29 is 24.4 Å². The molecule has 100 valence electrons. The lowest BCUT2D eigenvalue weighted by atomic mass is 9.96. The van der Waals surface area contributed by atoms with Crippen molar-refractivity contribution in [3.8, 4) is 0 Å². The molecule has 0 aromatic carbocycles. The van der Waals surface area contributed by atoms with Gasteiger partial charge in [-0.15, -0.1) is 10.1 Å². The number of hydrogen-bond acceptors (Lipinski definition) is 7. The van der Waals surface area contributed by atoms with E-state index in [4.69, 9.17) is 0 Å². The van der Waals surface area contributed by atoms with E-state index in [-0.39, 0.29) is 0 Å². The summed E-state index contributed by atoms with van der Waals surface area (Å²) in [5.74, 6) is -1.18. The second-order valence-corrected chi connectivity index (χ2v) is 3.84. The number of carbonyl (C=O) groups is 2. The number of rotatable bonds is 3. The van der Waals surface area contributed by atoms with Gasteiger partial charge in [-0.1, -0.05) is 0 Å². The molecule has 11 heteroatoms. The zero-order valence-corrected chi connectivity index (χ0v) is 9.72. The van der Waals surface area contributed by atoms with Crippen LogP contribution in [0.5, 0.6) is 0 Å². The van der Waals surface area contributed by atoms with E-state index < -0.39 is 33.7 Å². The SMILES string of the molecule is CN1C(=O)N(C)[C@@H](O[N+](=O)[O-])[C@@](C)([N+](=O)[O-])C1=O. The Morgan fingerprint density at radius 3 is 2.17 bits per heavy atom. The molecule has 1 heterocycles. The van der Waals surface area contributed by atoms with Gasteiger partial charge in [-0.05, 0) is 0 Å². The zero-order chi connectivity index (χ0) is 14.2. The number of nitrogens with zero attached hydrogens (tertiary/aromatic N) is 4. The largest absolute Gasteiger partial charge is 0.340 e. The van der Waals surface area contributed by atoms with Gasteiger partial charge < -0.3 is 0 Å². The summed E-state index contributed by atoms with van der Waals surface area (Å²) in [4.78, 5) is 48.9. The first-order chi connectivity index (χ1) is 8.13. The van der Waals surface area contributed by atoms with E-state index in [1.165, 1.54) is 0 Å². The average Bonchev–Trinajstić information content (AvgIpc) is 2.29. The van der Waals surface area contributed by atoms with E-state index in [0.29, 0.717) is 9.80 Å². The molecule has 0 aromatic rings. The molecule has 0 aromatic heterocycles. The van der Waals surface area contributed by atoms with E-state index in [1.807, 2.05) is 0 Å². The smallest absolute Gasteiger partial charge is 0.295 e. The third kappa shape index (κ3) is 1.69. The Labute approximate surface area is 100 Å². The summed E-state index contributed by atoms with van der Waals surface area (Å²) in [6.45, 7) is 0.864. The lowest BCUT2D eigenvalue weighted by Gasteiger charge is -2.40. The van der Waals surface area contributed by atoms with Crippen molar-refractivity contribution in [2.75, 3.05) is 14.1 Å². The van der Waals surface area contributed by atoms with Gasteiger partial charge in [-0.2, -0.15) is 0 Å². The zero-order valence-electron chi connectivity index (χ0n) is 9.72. The topological polar surface area (TPSA) is 136 Å². The summed E-state index contributed by atoms with van der Waals surface area (Å²) in [6.07, 6.45) is -1.92. The molecular formula is C7H10N4O7. The van der Waals surface area contributed by atoms with Crippen molar-refractivity contribution in [1.29, 1.82) is 0 Å². The van der Waals surface area contributed by atoms with Crippen LogP contribution in [0.3, 0.4) is 0 Å². The molecule has 0 spiro atoms. The van der Waals surface area contributed by atoms with Crippen LogP contribution in [0, 0.1) is 20.2 Å². The minimum absolute atomic E-state index is 0.516. The Bertz CT molecular complexity index is 438. The van der Waals surface area contributed by atoms with Crippen LogP contribution >= 0.6 is 0 Å². The highest BCUT2D eigenvalue weighted by molar-refractivity contribution is 6.01. The summed E-state index contributed by atoms with van der Waals surface area (Å²) in [7, 11) is 2.12. The van der Waals surface area contributed by atoms with Crippen molar-refractivity contribution >= 4 is 11.9 Å². The third-order valence-electron chi connectivity index (χ3n) is 2.72. The highest BCUT2D eigenvalue weighted by Gasteiger charge is 2.64. The van der Waals surface area contributed by atoms with E-state index in [2.05, 4.69) is 4.84 Å². The molecule has 0 aliphatic carbocycles. The fourth-order valence-electron chi connectivity index (χ4n) is 1.67. The van der Waals surface area contributed by atoms with Gasteiger partial charge in [-0.3, -0.25) is 29.5 Å². The number of nitro groups is 1. The van der Waals surface area contributed by atoms with Crippen LogP contribution in [0.4, 0.5) is 4.79 Å². The van der Waals surface area contributed by atoms with Crippen LogP contribution in [0.25, 0.3) is 0 Å². The predicted molar refractivity (Wildman–Crippen MR) is 53.2 cm³/mol. The van der Waals surface area contributed by atoms with Gasteiger partial charge in [0, 0.05) is 25.9 Å². The van der Waals surface area contributed by atoms with E-state index in [9.17, 15) is 29.8 Å². The van der Waals surface area contributed by atoms with Gasteiger partial charge >= 0.3 is 17.5 Å². The minimum atomic E-state index is -2.44. The summed E-state index contributed by atoms with van der Waals surface area (Å²) < 4.78 is 0. The number of carbonyl (C=O) groups excluding carboxylic acids is 2. The first-order valence-corrected chi connectivity index (χ1v) is 4.64. The average molecular weight is 262 g/mol. The molecular weight excluding hydrogens is 252 g/mol. The molecule has 1 saturated heterocycles. The standard InChI is InChI=1S/C7H10N4O7/c1-7(10(14)15)4(12)8(2)6(13)9(3)5(7)18-11(16)17/h5H,1-3H3/t5-,7-/m0/s1. The fourth-order valence-corrected chi connectivity index (χ4v) is 1.67. The van der Waals surface area contributed by atoms with E-state index in [0.717, 1.165) is 21.0 Å². The third-order valence-corrected chi connectivity index (χ3v) is 2.72. The molecule has 1 aliphatic rings. The maximum absolute atomic E-state index is 11.8. The Morgan fingerprint density at radius 1 is 1.28 bits per heavy atom. The van der Waals surface area contributed by atoms with Crippen LogP contribution < -0.4 is 0 Å². The van der Waals surface area contributed by atoms with Crippen molar-refractivity contribution in [3.05, 3.63) is 20.2 Å². The van der Waals surface area contributed by atoms with Crippen molar-refractivity contribution in [1.82, 2.24) is 9.80 Å². The second-order valence-electron chi connectivity index (χ2n) is 3.84. The lowest BCUT2D eigenvalue weighted by molar-refractivity contribution is -0.787. The molecule has 0 unspecified atom stereocenters. The number of likely N-dealkylation sites (N-methyl/N-ethyl adjacent to an activating group) is 2. The highest BCUT2D eigenvalue weighted by atomic mass is 17.0. The molecule has 2 atom stereocenters. The molecule has 1 aliphatic heterocycles. The fraction of sp³-hybridized carbons (Fsp3) is 0.714. The van der Waals surface area contributed by atoms with Gasteiger partial charge in [-0.25, -0.2) is 4.79 Å². The Kier molecular flexibility index (Phi) is 3.09.